The molecule has 0 atom stereocenters. The van der Waals surface area contributed by atoms with Crippen LogP contribution in [0.2, 0.25) is 0 Å². The van der Waals surface area contributed by atoms with Gasteiger partial charge in [0.05, 0.1) is 6.42 Å². The van der Waals surface area contributed by atoms with Crippen molar-refractivity contribution >= 4 is 5.91 Å². The second-order valence-corrected chi connectivity index (χ2v) is 3.60. The average molecular weight is 175 g/mol. The van der Waals surface area contributed by atoms with E-state index in [1.165, 1.54) is 24.0 Å². The summed E-state index contributed by atoms with van der Waals surface area (Å²) in [7, 11) is 0. The van der Waals surface area contributed by atoms with Crippen molar-refractivity contribution in [2.24, 2.45) is 5.73 Å². The Morgan fingerprint density at radius 2 is 2.08 bits per heavy atom. The van der Waals surface area contributed by atoms with Crippen LogP contribution in [0.3, 0.4) is 0 Å². The van der Waals surface area contributed by atoms with Gasteiger partial charge in [-0.2, -0.15) is 0 Å². The maximum Gasteiger partial charge on any atom is 0.221 e. The molecule has 0 spiro atoms. The molecule has 1 aliphatic rings. The van der Waals surface area contributed by atoms with Gasteiger partial charge >= 0.3 is 0 Å². The van der Waals surface area contributed by atoms with E-state index >= 15 is 0 Å². The molecule has 0 aromatic heterocycles. The zero-order valence-electron chi connectivity index (χ0n) is 7.55. The third-order valence-electron chi connectivity index (χ3n) is 2.54. The van der Waals surface area contributed by atoms with E-state index in [9.17, 15) is 4.79 Å². The van der Waals surface area contributed by atoms with Gasteiger partial charge in [0.25, 0.3) is 0 Å². The Morgan fingerprint density at radius 1 is 1.31 bits per heavy atom. The molecule has 1 amide bonds. The van der Waals surface area contributed by atoms with Gasteiger partial charge in [-0.1, -0.05) is 18.2 Å². The van der Waals surface area contributed by atoms with E-state index in [2.05, 4.69) is 12.1 Å². The van der Waals surface area contributed by atoms with Crippen LogP contribution in [0.15, 0.2) is 18.2 Å². The second-order valence-electron chi connectivity index (χ2n) is 3.60. The summed E-state index contributed by atoms with van der Waals surface area (Å²) in [5, 5.41) is 0. The number of carbonyl (C=O) groups is 1. The molecule has 2 rings (SSSR count). The molecular weight excluding hydrogens is 162 g/mol. The molecule has 1 aliphatic carbocycles. The highest BCUT2D eigenvalue weighted by atomic mass is 16.1. The molecule has 13 heavy (non-hydrogen) atoms. The van der Waals surface area contributed by atoms with Crippen LogP contribution in [0.25, 0.3) is 0 Å². The molecule has 1 aromatic carbocycles. The number of aryl methyl sites for hydroxylation is 2. The summed E-state index contributed by atoms with van der Waals surface area (Å²) >= 11 is 0. The first-order valence-corrected chi connectivity index (χ1v) is 4.65. The lowest BCUT2D eigenvalue weighted by molar-refractivity contribution is -0.117. The average Bonchev–Trinajstić information content (AvgIpc) is 2.49. The van der Waals surface area contributed by atoms with E-state index in [0.717, 1.165) is 12.0 Å². The van der Waals surface area contributed by atoms with Gasteiger partial charge in [0, 0.05) is 0 Å². The molecule has 2 nitrogen and oxygen atoms in total. The number of hydrogen-bond acceptors (Lipinski definition) is 1. The van der Waals surface area contributed by atoms with Crippen LogP contribution < -0.4 is 5.73 Å². The normalized spacial score (nSPS) is 14.2. The minimum atomic E-state index is -0.252. The van der Waals surface area contributed by atoms with E-state index in [-0.39, 0.29) is 5.91 Å². The van der Waals surface area contributed by atoms with Crippen molar-refractivity contribution in [3.8, 4) is 0 Å². The fourth-order valence-electron chi connectivity index (χ4n) is 1.94. The maximum absolute atomic E-state index is 10.7. The van der Waals surface area contributed by atoms with Crippen LogP contribution in [-0.2, 0) is 24.1 Å². The summed E-state index contributed by atoms with van der Waals surface area (Å²) in [5.74, 6) is -0.252. The highest BCUT2D eigenvalue weighted by Crippen LogP contribution is 2.22. The van der Waals surface area contributed by atoms with Gasteiger partial charge in [-0.25, -0.2) is 0 Å². The summed E-state index contributed by atoms with van der Waals surface area (Å²) in [6.07, 6.45) is 3.96. The number of nitrogens with two attached hydrogens (primary N) is 1. The Kier molecular flexibility index (Phi) is 2.05. The van der Waals surface area contributed by atoms with Gasteiger partial charge in [0.2, 0.25) is 5.91 Å². The maximum atomic E-state index is 10.7. The number of primary amides is 1. The molecule has 0 unspecified atom stereocenters. The van der Waals surface area contributed by atoms with Crippen LogP contribution in [0.4, 0.5) is 0 Å². The fourth-order valence-corrected chi connectivity index (χ4v) is 1.94. The minimum absolute atomic E-state index is 0.252. The van der Waals surface area contributed by atoms with Gasteiger partial charge in [-0.3, -0.25) is 4.79 Å². The largest absolute Gasteiger partial charge is 0.369 e. The van der Waals surface area contributed by atoms with Crippen molar-refractivity contribution in [1.82, 2.24) is 0 Å². The molecule has 68 valence electrons. The van der Waals surface area contributed by atoms with Gasteiger partial charge in [0.15, 0.2) is 0 Å². The Hall–Kier alpha value is -1.31. The van der Waals surface area contributed by atoms with Crippen LogP contribution >= 0.6 is 0 Å². The number of hydrogen-bond donors (Lipinski definition) is 1. The lowest BCUT2D eigenvalue weighted by Crippen LogP contribution is -2.13. The summed E-state index contributed by atoms with van der Waals surface area (Å²) in [5.41, 5.74) is 9.02. The molecular formula is C11H13NO. The summed E-state index contributed by atoms with van der Waals surface area (Å²) in [4.78, 5) is 10.7. The number of fused-ring (bicyclic) bond motifs is 1. The molecule has 1 aromatic rings. The number of benzene rings is 1. The van der Waals surface area contributed by atoms with Gasteiger partial charge in [0.1, 0.15) is 0 Å². The van der Waals surface area contributed by atoms with E-state index in [1.54, 1.807) is 0 Å². The molecule has 2 heteroatoms. The predicted molar refractivity (Wildman–Crippen MR) is 51.4 cm³/mol. The number of carbonyl (C=O) groups excluding carboxylic acids is 1. The first kappa shape index (κ1) is 8.30. The highest BCUT2D eigenvalue weighted by Gasteiger charge is 2.10. The molecule has 0 aliphatic heterocycles. The van der Waals surface area contributed by atoms with Crippen molar-refractivity contribution in [2.45, 2.75) is 25.7 Å². The van der Waals surface area contributed by atoms with Crippen molar-refractivity contribution in [2.75, 3.05) is 0 Å². The van der Waals surface area contributed by atoms with Gasteiger partial charge < -0.3 is 5.73 Å². The summed E-state index contributed by atoms with van der Waals surface area (Å²) < 4.78 is 0. The van der Waals surface area contributed by atoms with Crippen LogP contribution in [0.5, 0.6) is 0 Å². The molecule has 0 heterocycles. The first-order chi connectivity index (χ1) is 6.25. The Bertz CT molecular complexity index is 344. The fraction of sp³-hybridized carbons (Fsp3) is 0.364. The third kappa shape index (κ3) is 1.72. The second kappa shape index (κ2) is 3.21. The van der Waals surface area contributed by atoms with E-state index < -0.39 is 0 Å². The first-order valence-electron chi connectivity index (χ1n) is 4.65. The third-order valence-corrected chi connectivity index (χ3v) is 2.54. The van der Waals surface area contributed by atoms with E-state index in [0.29, 0.717) is 6.42 Å². The summed E-state index contributed by atoms with van der Waals surface area (Å²) in [6.45, 7) is 0. The molecule has 0 radical (unpaired) electrons. The molecule has 0 fully saturated rings. The molecule has 0 bridgehead atoms. The van der Waals surface area contributed by atoms with Crippen LogP contribution in [-0.4, -0.2) is 5.91 Å². The zero-order valence-corrected chi connectivity index (χ0v) is 7.55. The van der Waals surface area contributed by atoms with Crippen molar-refractivity contribution < 1.29 is 4.79 Å². The van der Waals surface area contributed by atoms with Crippen molar-refractivity contribution in [3.05, 3.63) is 34.9 Å². The Balaban J connectivity index is 2.25. The lowest BCUT2D eigenvalue weighted by Gasteiger charge is -2.02. The van der Waals surface area contributed by atoms with E-state index in [4.69, 9.17) is 5.73 Å². The highest BCUT2D eigenvalue weighted by molar-refractivity contribution is 5.76. The van der Waals surface area contributed by atoms with Gasteiger partial charge in [-0.15, -0.1) is 0 Å². The molecule has 0 saturated carbocycles. The van der Waals surface area contributed by atoms with E-state index in [1.807, 2.05) is 6.07 Å². The van der Waals surface area contributed by atoms with Gasteiger partial charge in [-0.05, 0) is 36.0 Å². The summed E-state index contributed by atoms with van der Waals surface area (Å²) in [6, 6.07) is 6.25. The molecule has 2 N–H and O–H groups in total. The Morgan fingerprint density at radius 3 is 2.85 bits per heavy atom. The van der Waals surface area contributed by atoms with Crippen LogP contribution in [0, 0.1) is 0 Å². The monoisotopic (exact) mass is 175 g/mol. The topological polar surface area (TPSA) is 43.1 Å². The standard InChI is InChI=1S/C11H13NO/c12-11(13)7-8-4-5-9-2-1-3-10(9)6-8/h4-6H,1-3,7H2,(H2,12,13). The SMILES string of the molecule is NC(=O)Cc1ccc2c(c1)CCC2. The van der Waals surface area contributed by atoms with Crippen LogP contribution in [0.1, 0.15) is 23.1 Å². The zero-order chi connectivity index (χ0) is 9.26. The lowest BCUT2D eigenvalue weighted by atomic mass is 10.0. The quantitative estimate of drug-likeness (QED) is 0.721. The predicted octanol–water partition coefficient (Wildman–Crippen LogP) is 1.20. The number of rotatable bonds is 2. The van der Waals surface area contributed by atoms with Crippen molar-refractivity contribution in [1.29, 1.82) is 0 Å². The molecule has 0 saturated heterocycles. The van der Waals surface area contributed by atoms with Crippen molar-refractivity contribution in [3.63, 3.8) is 0 Å². The Labute approximate surface area is 77.8 Å². The number of amides is 1. The minimum Gasteiger partial charge on any atom is -0.369 e. The smallest absolute Gasteiger partial charge is 0.221 e.